The predicted octanol–water partition coefficient (Wildman–Crippen LogP) is 5.16. The van der Waals surface area contributed by atoms with E-state index in [1.54, 1.807) is 16.2 Å². The summed E-state index contributed by atoms with van der Waals surface area (Å²) in [6, 6.07) is 9.76. The predicted molar refractivity (Wildman–Crippen MR) is 112 cm³/mol. The molecule has 2 aromatic heterocycles. The number of carbonyl (C=O) groups excluding carboxylic acids is 1. The second kappa shape index (κ2) is 6.87. The van der Waals surface area contributed by atoms with Gasteiger partial charge in [0, 0.05) is 27.3 Å². The number of fused-ring (bicyclic) bond motifs is 2. The summed E-state index contributed by atoms with van der Waals surface area (Å²) >= 11 is 7.45. The maximum absolute atomic E-state index is 13.2. The van der Waals surface area contributed by atoms with Crippen molar-refractivity contribution in [3.8, 4) is 10.4 Å². The van der Waals surface area contributed by atoms with E-state index in [1.165, 1.54) is 34.7 Å². The first kappa shape index (κ1) is 17.6. The van der Waals surface area contributed by atoms with Gasteiger partial charge in [0.2, 0.25) is 0 Å². The minimum absolute atomic E-state index is 0.210. The summed E-state index contributed by atoms with van der Waals surface area (Å²) in [5.41, 5.74) is 5.82. The van der Waals surface area contributed by atoms with Crippen LogP contribution in [0.3, 0.4) is 0 Å². The van der Waals surface area contributed by atoms with E-state index in [1.807, 2.05) is 6.07 Å². The molecule has 0 spiro atoms. The maximum Gasteiger partial charge on any atom is 0.259 e. The monoisotopic (exact) mass is 408 g/mol. The Balaban J connectivity index is 1.62. The molecular weight excluding hydrogens is 391 g/mol. The number of hydrogen-bond acceptors (Lipinski definition) is 4. The fraction of sp³-hybridized carbons (Fsp3) is 0.227. The molecule has 3 nitrogen and oxygen atoms in total. The zero-order valence-electron chi connectivity index (χ0n) is 15.1. The van der Waals surface area contributed by atoms with Crippen LogP contribution in [-0.2, 0) is 19.4 Å². The molecule has 0 fully saturated rings. The van der Waals surface area contributed by atoms with Gasteiger partial charge in [0.25, 0.3) is 5.91 Å². The highest BCUT2D eigenvalue weighted by Crippen LogP contribution is 2.41. The molecule has 1 amide bonds. The van der Waals surface area contributed by atoms with Gasteiger partial charge < -0.3 is 0 Å². The van der Waals surface area contributed by atoms with E-state index in [4.69, 9.17) is 17.2 Å². The van der Waals surface area contributed by atoms with Crippen LogP contribution < -0.4 is 0 Å². The maximum atomic E-state index is 13.2. The van der Waals surface area contributed by atoms with Gasteiger partial charge >= 0.3 is 0 Å². The number of carbonyl (C=O) groups is 1. The Morgan fingerprint density at radius 1 is 1.07 bits per heavy atom. The van der Waals surface area contributed by atoms with Crippen LogP contribution in [0, 0.1) is 5.82 Å². The van der Waals surface area contributed by atoms with Crippen LogP contribution in [0.25, 0.3) is 10.4 Å². The summed E-state index contributed by atoms with van der Waals surface area (Å²) in [7, 11) is 0. The first-order valence-electron chi connectivity index (χ1n) is 9.34. The number of halogens is 1. The highest BCUT2D eigenvalue weighted by Gasteiger charge is 2.35. The van der Waals surface area contributed by atoms with Crippen LogP contribution in [0.5, 0.6) is 0 Å². The van der Waals surface area contributed by atoms with Crippen LogP contribution in [-0.4, -0.2) is 20.8 Å². The lowest BCUT2D eigenvalue weighted by Gasteiger charge is -2.21. The van der Waals surface area contributed by atoms with E-state index in [0.29, 0.717) is 17.1 Å². The molecule has 1 aliphatic heterocycles. The van der Waals surface area contributed by atoms with Gasteiger partial charge in [0.15, 0.2) is 0 Å². The Labute approximate surface area is 171 Å². The summed E-state index contributed by atoms with van der Waals surface area (Å²) < 4.78 is 13.2. The lowest BCUT2D eigenvalue weighted by molar-refractivity contribution is 0.0847. The van der Waals surface area contributed by atoms with Crippen molar-refractivity contribution in [1.29, 1.82) is 0 Å². The topological polar surface area (TPSA) is 33.2 Å². The van der Waals surface area contributed by atoms with E-state index < -0.39 is 0 Å². The van der Waals surface area contributed by atoms with E-state index >= 15 is 0 Å². The molecule has 0 saturated heterocycles. The number of aromatic nitrogens is 1. The molecule has 0 atom stereocenters. The second-order valence-corrected chi connectivity index (χ2v) is 8.46. The lowest BCUT2D eigenvalue weighted by Crippen LogP contribution is -2.30. The molecule has 0 N–H and O–H groups in total. The van der Waals surface area contributed by atoms with Crippen molar-refractivity contribution in [3.63, 3.8) is 0 Å². The second-order valence-electron chi connectivity index (χ2n) is 7.12. The van der Waals surface area contributed by atoms with Gasteiger partial charge in [-0.25, -0.2) is 4.39 Å². The Hall–Kier alpha value is -2.44. The molecule has 0 bridgehead atoms. The molecule has 5 rings (SSSR count). The van der Waals surface area contributed by atoms with Gasteiger partial charge in [-0.3, -0.25) is 14.7 Å². The average molecular weight is 409 g/mol. The molecule has 0 radical (unpaired) electrons. The molecule has 1 aliphatic carbocycles. The molecule has 6 heteroatoms. The van der Waals surface area contributed by atoms with Crippen LogP contribution in [0.15, 0.2) is 41.8 Å². The molecule has 28 heavy (non-hydrogen) atoms. The average Bonchev–Trinajstić information content (AvgIpc) is 3.35. The summed E-state index contributed by atoms with van der Waals surface area (Å²) in [5, 5.41) is 2.07. The smallest absolute Gasteiger partial charge is 0.259 e. The normalized spacial score (nSPS) is 15.5. The van der Waals surface area contributed by atoms with Gasteiger partial charge in [-0.05, 0) is 67.0 Å². The lowest BCUT2D eigenvalue weighted by atomic mass is 9.88. The van der Waals surface area contributed by atoms with Crippen molar-refractivity contribution >= 4 is 34.5 Å². The van der Waals surface area contributed by atoms with Crippen molar-refractivity contribution in [2.24, 2.45) is 0 Å². The summed E-state index contributed by atoms with van der Waals surface area (Å²) in [5.74, 6) is -0.573. The zero-order valence-corrected chi connectivity index (χ0v) is 16.7. The fourth-order valence-electron chi connectivity index (χ4n) is 4.10. The van der Waals surface area contributed by atoms with Gasteiger partial charge in [-0.15, -0.1) is 11.3 Å². The summed E-state index contributed by atoms with van der Waals surface area (Å²) in [6.45, 7) is 0.371. The van der Waals surface area contributed by atoms with Gasteiger partial charge in [0.1, 0.15) is 10.8 Å². The number of thiophene rings is 1. The Morgan fingerprint density at radius 2 is 1.86 bits per heavy atom. The first-order chi connectivity index (χ1) is 13.6. The number of amides is 1. The molecule has 3 aromatic rings. The number of nitrogens with zero attached hydrogens (tertiary/aromatic N) is 2. The van der Waals surface area contributed by atoms with Crippen LogP contribution in [0.2, 0.25) is 0 Å². The first-order valence-corrected chi connectivity index (χ1v) is 10.6. The highest BCUT2D eigenvalue weighted by molar-refractivity contribution is 7.80. The Morgan fingerprint density at radius 3 is 2.61 bits per heavy atom. The van der Waals surface area contributed by atoms with Crippen LogP contribution in [0.1, 0.15) is 45.7 Å². The van der Waals surface area contributed by atoms with Crippen molar-refractivity contribution in [2.45, 2.75) is 32.2 Å². The standard InChI is InChI=1S/C22H17FN2OS2/c23-14-9-7-13(8-10-14)21(26)25-12-17-20(22(25)27)19(18-6-3-11-28-18)15-4-1-2-5-16(15)24-17/h3,6-11H,1-2,4-5,12H2. The molecular formula is C22H17FN2OS2. The number of thiocarbonyl (C=S) groups is 1. The third-order valence-electron chi connectivity index (χ3n) is 5.42. The fourth-order valence-corrected chi connectivity index (χ4v) is 5.27. The summed E-state index contributed by atoms with van der Waals surface area (Å²) in [6.07, 6.45) is 4.26. The zero-order chi connectivity index (χ0) is 19.3. The number of rotatable bonds is 2. The number of benzene rings is 1. The minimum atomic E-state index is -0.363. The number of pyridine rings is 1. The van der Waals surface area contributed by atoms with Gasteiger partial charge in [-0.2, -0.15) is 0 Å². The molecule has 1 aromatic carbocycles. The Bertz CT molecular complexity index is 1090. The van der Waals surface area contributed by atoms with Gasteiger partial charge in [0.05, 0.1) is 12.2 Å². The van der Waals surface area contributed by atoms with E-state index in [0.717, 1.165) is 48.2 Å². The van der Waals surface area contributed by atoms with Crippen molar-refractivity contribution in [2.75, 3.05) is 0 Å². The quantitative estimate of drug-likeness (QED) is 0.549. The highest BCUT2D eigenvalue weighted by atomic mass is 32.1. The van der Waals surface area contributed by atoms with Crippen molar-refractivity contribution in [1.82, 2.24) is 9.88 Å². The van der Waals surface area contributed by atoms with E-state index in [2.05, 4.69) is 11.4 Å². The molecule has 140 valence electrons. The SMILES string of the molecule is O=C(c1ccc(F)cc1)N1Cc2nc3c(c(-c4cccs4)c2C1=S)CCCC3. The minimum Gasteiger partial charge on any atom is -0.292 e. The molecule has 0 unspecified atom stereocenters. The largest absolute Gasteiger partial charge is 0.292 e. The third-order valence-corrected chi connectivity index (χ3v) is 6.73. The molecule has 0 saturated carbocycles. The molecule has 2 aliphatic rings. The van der Waals surface area contributed by atoms with E-state index in [-0.39, 0.29) is 11.7 Å². The Kier molecular flexibility index (Phi) is 4.33. The number of aryl methyl sites for hydroxylation is 1. The van der Waals surface area contributed by atoms with Crippen LogP contribution >= 0.6 is 23.6 Å². The summed E-state index contributed by atoms with van der Waals surface area (Å²) in [4.78, 5) is 21.3. The third kappa shape index (κ3) is 2.79. The van der Waals surface area contributed by atoms with Crippen LogP contribution in [0.4, 0.5) is 4.39 Å². The van der Waals surface area contributed by atoms with E-state index in [9.17, 15) is 9.18 Å². The van der Waals surface area contributed by atoms with Gasteiger partial charge in [-0.1, -0.05) is 18.3 Å². The van der Waals surface area contributed by atoms with Crippen molar-refractivity contribution < 1.29 is 9.18 Å². The van der Waals surface area contributed by atoms with Crippen molar-refractivity contribution in [3.05, 3.63) is 75.7 Å². The number of hydrogen-bond donors (Lipinski definition) is 0. The molecule has 3 heterocycles.